The average molecular weight is 590 g/mol. The van der Waals surface area contributed by atoms with Crippen LogP contribution in [0.3, 0.4) is 0 Å². The van der Waals surface area contributed by atoms with Crippen molar-refractivity contribution in [2.24, 2.45) is 11.8 Å². The summed E-state index contributed by atoms with van der Waals surface area (Å²) in [6.45, 7) is 8.75. The van der Waals surface area contributed by atoms with Crippen LogP contribution in [-0.4, -0.2) is 54.7 Å². The maximum absolute atomic E-state index is 12.8. The highest BCUT2D eigenvalue weighted by Crippen LogP contribution is 2.28. The Kier molecular flexibility index (Phi) is 10.3. The van der Waals surface area contributed by atoms with Crippen molar-refractivity contribution in [2.45, 2.75) is 58.1 Å². The van der Waals surface area contributed by atoms with Gasteiger partial charge in [-0.15, -0.1) is 0 Å². The van der Waals surface area contributed by atoms with Gasteiger partial charge in [-0.05, 0) is 91.8 Å². The van der Waals surface area contributed by atoms with Gasteiger partial charge < -0.3 is 4.74 Å². The van der Waals surface area contributed by atoms with Crippen molar-refractivity contribution >= 4 is 11.8 Å². The van der Waals surface area contributed by atoms with Gasteiger partial charge in [-0.2, -0.15) is 0 Å². The zero-order valence-corrected chi connectivity index (χ0v) is 26.2. The number of carbonyl (C=O) groups is 1. The Labute approximate surface area is 263 Å². The van der Waals surface area contributed by atoms with E-state index in [1.807, 2.05) is 42.5 Å². The predicted octanol–water partition coefficient (Wildman–Crippen LogP) is 8.34. The van der Waals surface area contributed by atoms with Gasteiger partial charge in [0.2, 0.25) is 0 Å². The van der Waals surface area contributed by atoms with E-state index in [-0.39, 0.29) is 12.2 Å². The molecule has 1 atom stereocenters. The van der Waals surface area contributed by atoms with Crippen molar-refractivity contribution in [1.82, 2.24) is 9.80 Å². The zero-order chi connectivity index (χ0) is 30.1. The number of hydrogen-bond donors (Lipinski definition) is 1. The molecule has 5 nitrogen and oxygen atoms in total. The lowest BCUT2D eigenvalue weighted by molar-refractivity contribution is 0.0618. The van der Waals surface area contributed by atoms with Gasteiger partial charge in [-0.3, -0.25) is 15.1 Å². The zero-order valence-electron chi connectivity index (χ0n) is 26.2. The SMILES string of the molecule is CC1CCN(Cc2ccc(CC3C=C(CN4CCC(OC(=O)Nc5ccccc5-c5ccccc5)CC4)C=CC3)cc2)CC1. The van der Waals surface area contributed by atoms with E-state index in [0.29, 0.717) is 5.92 Å². The van der Waals surface area contributed by atoms with Crippen LogP contribution in [0.15, 0.2) is 103 Å². The van der Waals surface area contributed by atoms with Crippen molar-refractivity contribution in [3.63, 3.8) is 0 Å². The molecule has 3 aromatic rings. The first-order chi connectivity index (χ1) is 21.6. The average Bonchev–Trinajstić information content (AvgIpc) is 3.05. The molecule has 1 N–H and O–H groups in total. The molecule has 2 aliphatic heterocycles. The van der Waals surface area contributed by atoms with Crippen LogP contribution in [0.2, 0.25) is 0 Å². The van der Waals surface area contributed by atoms with E-state index in [4.69, 9.17) is 4.74 Å². The summed E-state index contributed by atoms with van der Waals surface area (Å²) >= 11 is 0. The molecule has 0 saturated carbocycles. The fraction of sp³-hybridized carbons (Fsp3) is 0.410. The molecule has 2 heterocycles. The molecule has 0 bridgehead atoms. The lowest BCUT2D eigenvalue weighted by atomic mass is 9.89. The second-order valence-electron chi connectivity index (χ2n) is 13.0. The number of piperidine rings is 2. The third kappa shape index (κ3) is 8.49. The number of para-hydroxylation sites is 1. The minimum absolute atomic E-state index is 0.0554. The summed E-state index contributed by atoms with van der Waals surface area (Å²) in [5.41, 5.74) is 7.11. The minimum Gasteiger partial charge on any atom is -0.446 e. The van der Waals surface area contributed by atoms with E-state index in [1.54, 1.807) is 0 Å². The molecular formula is C39H47N3O2. The molecule has 3 aromatic carbocycles. The number of benzene rings is 3. The van der Waals surface area contributed by atoms with E-state index in [9.17, 15) is 4.79 Å². The Bertz CT molecular complexity index is 1420. The van der Waals surface area contributed by atoms with Crippen molar-refractivity contribution in [3.8, 4) is 11.1 Å². The summed E-state index contributed by atoms with van der Waals surface area (Å²) in [7, 11) is 0. The van der Waals surface area contributed by atoms with E-state index in [2.05, 4.69) is 76.7 Å². The molecule has 3 aliphatic rings. The Morgan fingerprint density at radius 3 is 2.23 bits per heavy atom. The standard InChI is InChI=1S/C39H47N3O2/c1-30-18-22-41(23-19-30)28-32-16-14-31(15-17-32)26-33-8-7-9-34(27-33)29-42-24-20-36(21-25-42)44-39(43)40-38-13-6-5-12-37(38)35-10-3-2-4-11-35/h2-7,9-17,27,30,33,36H,8,18-26,28-29H2,1H3,(H,40,43). The van der Waals surface area contributed by atoms with E-state index in [1.165, 1.54) is 42.6 Å². The monoisotopic (exact) mass is 589 g/mol. The summed E-state index contributed by atoms with van der Waals surface area (Å²) in [6.07, 6.45) is 13.3. The van der Waals surface area contributed by atoms with Crippen LogP contribution >= 0.6 is 0 Å². The highest BCUT2D eigenvalue weighted by Gasteiger charge is 2.24. The van der Waals surface area contributed by atoms with Gasteiger partial charge in [0.15, 0.2) is 0 Å². The maximum Gasteiger partial charge on any atom is 0.411 e. The van der Waals surface area contributed by atoms with Gasteiger partial charge in [0.25, 0.3) is 0 Å². The molecule has 6 rings (SSSR count). The first-order valence-electron chi connectivity index (χ1n) is 16.6. The number of anilines is 1. The molecular weight excluding hydrogens is 542 g/mol. The van der Waals surface area contributed by atoms with Crippen molar-refractivity contribution < 1.29 is 9.53 Å². The highest BCUT2D eigenvalue weighted by molar-refractivity contribution is 5.91. The Hall–Kier alpha value is -3.67. The summed E-state index contributed by atoms with van der Waals surface area (Å²) in [6, 6.07) is 27.3. The van der Waals surface area contributed by atoms with Crippen LogP contribution in [0.1, 0.15) is 50.2 Å². The number of rotatable bonds is 9. The molecule has 44 heavy (non-hydrogen) atoms. The number of ether oxygens (including phenoxy) is 1. The molecule has 2 saturated heterocycles. The molecule has 1 unspecified atom stereocenters. The number of amides is 1. The maximum atomic E-state index is 12.8. The van der Waals surface area contributed by atoms with E-state index >= 15 is 0 Å². The number of likely N-dealkylation sites (tertiary alicyclic amines) is 2. The number of hydrogen-bond acceptors (Lipinski definition) is 4. The van der Waals surface area contributed by atoms with E-state index in [0.717, 1.165) is 74.6 Å². The van der Waals surface area contributed by atoms with Crippen molar-refractivity contribution in [2.75, 3.05) is 38.0 Å². The molecule has 5 heteroatoms. The molecule has 1 aliphatic carbocycles. The topological polar surface area (TPSA) is 44.8 Å². The lowest BCUT2D eigenvalue weighted by Gasteiger charge is -2.32. The van der Waals surface area contributed by atoms with Gasteiger partial charge in [0.05, 0.1) is 5.69 Å². The van der Waals surface area contributed by atoms with Gasteiger partial charge in [-0.1, -0.05) is 97.9 Å². The Balaban J connectivity index is 0.941. The van der Waals surface area contributed by atoms with Gasteiger partial charge in [-0.25, -0.2) is 4.79 Å². The van der Waals surface area contributed by atoms with Crippen LogP contribution in [-0.2, 0) is 17.7 Å². The number of nitrogens with zero attached hydrogens (tertiary/aromatic N) is 2. The van der Waals surface area contributed by atoms with Crippen LogP contribution in [0, 0.1) is 11.8 Å². The van der Waals surface area contributed by atoms with Crippen LogP contribution in [0.5, 0.6) is 0 Å². The molecule has 230 valence electrons. The van der Waals surface area contributed by atoms with Gasteiger partial charge in [0, 0.05) is 31.7 Å². The lowest BCUT2D eigenvalue weighted by Crippen LogP contribution is -2.39. The molecule has 1 amide bonds. The highest BCUT2D eigenvalue weighted by atomic mass is 16.6. The molecule has 0 aromatic heterocycles. The summed E-state index contributed by atoms with van der Waals surface area (Å²) in [4.78, 5) is 17.9. The smallest absolute Gasteiger partial charge is 0.411 e. The van der Waals surface area contributed by atoms with Crippen LogP contribution in [0.25, 0.3) is 11.1 Å². The van der Waals surface area contributed by atoms with Gasteiger partial charge >= 0.3 is 6.09 Å². The normalized spacial score (nSPS) is 20.3. The summed E-state index contributed by atoms with van der Waals surface area (Å²) in [5.74, 6) is 1.43. The fourth-order valence-electron chi connectivity index (χ4n) is 6.83. The Morgan fingerprint density at radius 1 is 0.795 bits per heavy atom. The quantitative estimate of drug-likeness (QED) is 0.273. The largest absolute Gasteiger partial charge is 0.446 e. The van der Waals surface area contributed by atoms with Crippen LogP contribution in [0.4, 0.5) is 10.5 Å². The Morgan fingerprint density at radius 2 is 1.45 bits per heavy atom. The van der Waals surface area contributed by atoms with Crippen molar-refractivity contribution in [1.29, 1.82) is 0 Å². The molecule has 0 radical (unpaired) electrons. The third-order valence-electron chi connectivity index (χ3n) is 9.49. The number of nitrogens with one attached hydrogen (secondary N) is 1. The second kappa shape index (κ2) is 14.9. The van der Waals surface area contributed by atoms with Crippen molar-refractivity contribution in [3.05, 3.63) is 114 Å². The number of carbonyl (C=O) groups excluding carboxylic acids is 1. The summed E-state index contributed by atoms with van der Waals surface area (Å²) < 4.78 is 5.85. The van der Waals surface area contributed by atoms with Crippen LogP contribution < -0.4 is 5.32 Å². The molecule has 2 fully saturated rings. The number of allylic oxidation sites excluding steroid dienone is 2. The first kappa shape index (κ1) is 30.4. The summed E-state index contributed by atoms with van der Waals surface area (Å²) in [5, 5.41) is 2.99. The van der Waals surface area contributed by atoms with E-state index < -0.39 is 0 Å². The molecule has 0 spiro atoms. The second-order valence-corrected chi connectivity index (χ2v) is 13.0. The fourth-order valence-corrected chi connectivity index (χ4v) is 6.83. The third-order valence-corrected chi connectivity index (χ3v) is 9.49. The van der Waals surface area contributed by atoms with Gasteiger partial charge in [0.1, 0.15) is 6.10 Å². The minimum atomic E-state index is -0.373. The first-order valence-corrected chi connectivity index (χ1v) is 16.6. The predicted molar refractivity (Wildman–Crippen MR) is 181 cm³/mol.